The van der Waals surface area contributed by atoms with Gasteiger partial charge in [0.25, 0.3) is 0 Å². The number of anilines is 2. The fourth-order valence-corrected chi connectivity index (χ4v) is 3.38. The zero-order valence-corrected chi connectivity index (χ0v) is 17.6. The van der Waals surface area contributed by atoms with Gasteiger partial charge in [0, 0.05) is 36.7 Å². The number of pyridine rings is 1. The van der Waals surface area contributed by atoms with E-state index in [1.165, 1.54) is 5.56 Å². The number of fused-ring (bicyclic) bond motifs is 1. The van der Waals surface area contributed by atoms with E-state index in [-0.39, 0.29) is 11.3 Å². The van der Waals surface area contributed by atoms with Crippen molar-refractivity contribution in [2.24, 2.45) is 0 Å². The molecule has 0 saturated carbocycles. The maximum atomic E-state index is 11.0. The molecule has 7 heteroatoms. The van der Waals surface area contributed by atoms with Crippen molar-refractivity contribution >= 4 is 22.5 Å². The van der Waals surface area contributed by atoms with Crippen molar-refractivity contribution in [2.75, 3.05) is 17.7 Å². The summed E-state index contributed by atoms with van der Waals surface area (Å²) < 4.78 is 1.79. The van der Waals surface area contributed by atoms with Crippen molar-refractivity contribution in [2.45, 2.75) is 32.7 Å². The lowest BCUT2D eigenvalue weighted by Gasteiger charge is -2.19. The van der Waals surface area contributed by atoms with Crippen molar-refractivity contribution in [3.63, 3.8) is 0 Å². The smallest absolute Gasteiger partial charge is 0.222 e. The Morgan fingerprint density at radius 3 is 2.43 bits per heavy atom. The zero-order valence-electron chi connectivity index (χ0n) is 17.6. The van der Waals surface area contributed by atoms with Crippen LogP contribution in [0.1, 0.15) is 32.0 Å². The lowest BCUT2D eigenvalue weighted by molar-refractivity contribution is 0.448. The minimum atomic E-state index is 0.0805. The van der Waals surface area contributed by atoms with Crippen LogP contribution in [0.2, 0.25) is 0 Å². The molecule has 0 aliphatic heterocycles. The van der Waals surface area contributed by atoms with Crippen molar-refractivity contribution in [1.29, 1.82) is 0 Å². The average molecular weight is 403 g/mol. The third kappa shape index (κ3) is 3.78. The maximum Gasteiger partial charge on any atom is 0.222 e. The number of benzene rings is 1. The van der Waals surface area contributed by atoms with Gasteiger partial charge in [0.2, 0.25) is 11.8 Å². The lowest BCUT2D eigenvalue weighted by Crippen LogP contribution is -2.10. The molecule has 0 amide bonds. The first kappa shape index (κ1) is 19.7. The van der Waals surface area contributed by atoms with Gasteiger partial charge < -0.3 is 15.7 Å². The summed E-state index contributed by atoms with van der Waals surface area (Å²) in [5.74, 6) is 1.33. The topological polar surface area (TPSA) is 87.9 Å². The highest BCUT2D eigenvalue weighted by Crippen LogP contribution is 2.35. The van der Waals surface area contributed by atoms with Gasteiger partial charge in [0.05, 0.1) is 17.6 Å². The first-order valence-corrected chi connectivity index (χ1v) is 9.90. The molecule has 0 fully saturated rings. The summed E-state index contributed by atoms with van der Waals surface area (Å²) in [5, 5.41) is 18.8. The van der Waals surface area contributed by atoms with E-state index in [1.807, 2.05) is 30.5 Å². The molecule has 0 bridgehead atoms. The van der Waals surface area contributed by atoms with Crippen LogP contribution in [-0.2, 0) is 12.0 Å². The molecule has 3 aromatic heterocycles. The average Bonchev–Trinajstić information content (AvgIpc) is 3.09. The summed E-state index contributed by atoms with van der Waals surface area (Å²) in [4.78, 5) is 13.0. The Morgan fingerprint density at radius 1 is 1.00 bits per heavy atom. The van der Waals surface area contributed by atoms with Gasteiger partial charge in [-0.2, -0.15) is 0 Å². The predicted octanol–water partition coefficient (Wildman–Crippen LogP) is 4.47. The molecule has 7 nitrogen and oxygen atoms in total. The molecular formula is C23H26N6O. The molecule has 0 spiro atoms. The molecule has 4 rings (SSSR count). The minimum Gasteiger partial charge on any atom is -0.494 e. The molecule has 1 aromatic carbocycles. The van der Waals surface area contributed by atoms with E-state index < -0.39 is 0 Å². The molecule has 0 aliphatic carbocycles. The Morgan fingerprint density at radius 2 is 1.73 bits per heavy atom. The summed E-state index contributed by atoms with van der Waals surface area (Å²) in [6.07, 6.45) is 5.36. The minimum absolute atomic E-state index is 0.0805. The number of aromatic hydroxyl groups is 1. The highest BCUT2D eigenvalue weighted by Gasteiger charge is 2.17. The number of rotatable bonds is 5. The third-order valence-electron chi connectivity index (χ3n) is 5.09. The fraction of sp³-hybridized carbons (Fsp3) is 0.261. The van der Waals surface area contributed by atoms with Gasteiger partial charge in [-0.3, -0.25) is 4.57 Å². The van der Waals surface area contributed by atoms with Crippen LogP contribution in [0.25, 0.3) is 16.5 Å². The van der Waals surface area contributed by atoms with E-state index in [4.69, 9.17) is 0 Å². The molecular weight excluding hydrogens is 376 g/mol. The monoisotopic (exact) mass is 402 g/mol. The van der Waals surface area contributed by atoms with Crippen LogP contribution in [0.5, 0.6) is 5.88 Å². The Bertz CT molecular complexity index is 1170. The van der Waals surface area contributed by atoms with E-state index in [9.17, 15) is 5.11 Å². The zero-order chi connectivity index (χ0) is 21.3. The van der Waals surface area contributed by atoms with E-state index >= 15 is 0 Å². The van der Waals surface area contributed by atoms with Gasteiger partial charge in [-0.25, -0.2) is 15.0 Å². The van der Waals surface area contributed by atoms with Crippen LogP contribution >= 0.6 is 0 Å². The molecule has 3 heterocycles. The van der Waals surface area contributed by atoms with Crippen LogP contribution in [0.4, 0.5) is 11.8 Å². The molecule has 4 aromatic rings. The number of hydrogen-bond donors (Lipinski definition) is 3. The molecule has 0 atom stereocenters. The second kappa shape index (κ2) is 7.67. The number of hydrogen-bond acceptors (Lipinski definition) is 6. The predicted molar refractivity (Wildman–Crippen MR) is 120 cm³/mol. The van der Waals surface area contributed by atoms with E-state index in [2.05, 4.69) is 58.5 Å². The summed E-state index contributed by atoms with van der Waals surface area (Å²) in [6.45, 7) is 7.02. The molecule has 3 N–H and O–H groups in total. The van der Waals surface area contributed by atoms with Crippen LogP contribution in [0, 0.1) is 0 Å². The quantitative estimate of drug-likeness (QED) is 0.456. The van der Waals surface area contributed by atoms with Gasteiger partial charge in [-0.1, -0.05) is 32.9 Å². The Hall–Kier alpha value is -3.61. The van der Waals surface area contributed by atoms with Gasteiger partial charge in [-0.05, 0) is 35.2 Å². The normalized spacial score (nSPS) is 11.6. The van der Waals surface area contributed by atoms with Crippen LogP contribution in [-0.4, -0.2) is 31.7 Å². The van der Waals surface area contributed by atoms with Crippen LogP contribution < -0.4 is 10.6 Å². The first-order valence-electron chi connectivity index (χ1n) is 9.90. The summed E-state index contributed by atoms with van der Waals surface area (Å²) in [7, 11) is 1.78. The Balaban J connectivity index is 1.66. The third-order valence-corrected chi connectivity index (χ3v) is 5.09. The van der Waals surface area contributed by atoms with Gasteiger partial charge in [0.15, 0.2) is 0 Å². The second-order valence-corrected chi connectivity index (χ2v) is 8.22. The largest absolute Gasteiger partial charge is 0.494 e. The summed E-state index contributed by atoms with van der Waals surface area (Å²) >= 11 is 0. The Labute approximate surface area is 175 Å². The van der Waals surface area contributed by atoms with E-state index in [0.717, 1.165) is 16.8 Å². The molecule has 0 aliphatic rings. The van der Waals surface area contributed by atoms with Crippen molar-refractivity contribution in [3.8, 4) is 11.6 Å². The Kier molecular flexibility index (Phi) is 5.03. The molecule has 30 heavy (non-hydrogen) atoms. The van der Waals surface area contributed by atoms with Crippen LogP contribution in [0.3, 0.4) is 0 Å². The van der Waals surface area contributed by atoms with E-state index in [0.29, 0.717) is 23.7 Å². The van der Waals surface area contributed by atoms with Crippen molar-refractivity contribution < 1.29 is 5.11 Å². The van der Waals surface area contributed by atoms with Crippen molar-refractivity contribution in [1.82, 2.24) is 19.5 Å². The van der Waals surface area contributed by atoms with Gasteiger partial charge in [0.1, 0.15) is 5.82 Å². The van der Waals surface area contributed by atoms with E-state index in [1.54, 1.807) is 24.0 Å². The molecule has 0 unspecified atom stereocenters. The van der Waals surface area contributed by atoms with Gasteiger partial charge in [-0.15, -0.1) is 0 Å². The standard InChI is InChI=1S/C23H26N6O/c1-23(2,3)16-5-7-18(8-6-16)29-14-15-9-11-25-20(19(15)21(29)30)27-13-17-10-12-26-22(24-4)28-17/h5-12,14,30H,13H2,1-4H3,(H,25,27)(H,24,26,28). The maximum absolute atomic E-state index is 11.0. The lowest BCUT2D eigenvalue weighted by atomic mass is 9.87. The fourth-order valence-electron chi connectivity index (χ4n) is 3.38. The number of aromatic nitrogens is 4. The van der Waals surface area contributed by atoms with Crippen LogP contribution in [0.15, 0.2) is 55.0 Å². The number of nitrogens with zero attached hydrogens (tertiary/aromatic N) is 4. The summed E-state index contributed by atoms with van der Waals surface area (Å²) in [5.41, 5.74) is 3.05. The summed E-state index contributed by atoms with van der Waals surface area (Å²) in [6, 6.07) is 12.0. The molecule has 0 saturated heterocycles. The second-order valence-electron chi connectivity index (χ2n) is 8.22. The SMILES string of the molecule is CNc1nccc(CNc2nccc3cn(-c4ccc(C(C)(C)C)cc4)c(O)c23)n1. The highest BCUT2D eigenvalue weighted by atomic mass is 16.3. The molecule has 154 valence electrons. The van der Waals surface area contributed by atoms with Gasteiger partial charge >= 0.3 is 0 Å². The highest BCUT2D eigenvalue weighted by molar-refractivity contribution is 5.97. The first-order chi connectivity index (χ1) is 14.4. The number of nitrogens with one attached hydrogen (secondary N) is 2. The van der Waals surface area contributed by atoms with Crippen molar-refractivity contribution in [3.05, 3.63) is 66.2 Å². The molecule has 0 radical (unpaired) electrons.